The van der Waals surface area contributed by atoms with Crippen LogP contribution in [0.1, 0.15) is 26.7 Å². The minimum atomic E-state index is -0.684. The van der Waals surface area contributed by atoms with E-state index in [1.807, 2.05) is 13.0 Å². The number of aliphatic hydroxyl groups is 1. The Morgan fingerprint density at radius 2 is 2.33 bits per heavy atom. The molecule has 0 fully saturated rings. The van der Waals surface area contributed by atoms with E-state index in [0.717, 1.165) is 6.42 Å². The molecule has 0 aromatic carbocycles. The van der Waals surface area contributed by atoms with Crippen LogP contribution >= 0.6 is 0 Å². The Morgan fingerprint density at radius 1 is 1.67 bits per heavy atom. The first-order valence-corrected chi connectivity index (χ1v) is 5.28. The van der Waals surface area contributed by atoms with Gasteiger partial charge >= 0.3 is 5.97 Å². The van der Waals surface area contributed by atoms with E-state index in [9.17, 15) is 9.90 Å². The molecule has 15 heavy (non-hydrogen) atoms. The molecule has 0 heterocycles. The van der Waals surface area contributed by atoms with Crippen LogP contribution in [0.2, 0.25) is 0 Å². The Kier molecular flexibility index (Phi) is 7.95. The standard InChI is InChI=1S/C11H21NO3/c1-4-6-9(3)12-8-10(13)7-11(14)15-5-2/h4,9-10,12-13H,1,5-8H2,2-3H3. The minimum Gasteiger partial charge on any atom is -0.466 e. The first-order chi connectivity index (χ1) is 7.10. The van der Waals surface area contributed by atoms with E-state index in [2.05, 4.69) is 11.9 Å². The third-order valence-electron chi connectivity index (χ3n) is 1.93. The molecular formula is C11H21NO3. The fraction of sp³-hybridized carbons (Fsp3) is 0.727. The zero-order chi connectivity index (χ0) is 11.7. The van der Waals surface area contributed by atoms with Crippen LogP contribution in [-0.4, -0.2) is 36.4 Å². The third kappa shape index (κ3) is 8.15. The quantitative estimate of drug-likeness (QED) is 0.465. The highest BCUT2D eigenvalue weighted by molar-refractivity contribution is 5.69. The molecule has 2 atom stereocenters. The number of hydrogen-bond acceptors (Lipinski definition) is 4. The van der Waals surface area contributed by atoms with Gasteiger partial charge in [0.25, 0.3) is 0 Å². The predicted molar refractivity (Wildman–Crippen MR) is 59.5 cm³/mol. The van der Waals surface area contributed by atoms with E-state index in [1.165, 1.54) is 0 Å². The van der Waals surface area contributed by atoms with Crippen LogP contribution in [0.25, 0.3) is 0 Å². The van der Waals surface area contributed by atoms with Crippen molar-refractivity contribution < 1.29 is 14.6 Å². The van der Waals surface area contributed by atoms with Gasteiger partial charge in [-0.15, -0.1) is 6.58 Å². The van der Waals surface area contributed by atoms with Gasteiger partial charge in [0, 0.05) is 12.6 Å². The van der Waals surface area contributed by atoms with Gasteiger partial charge in [-0.25, -0.2) is 0 Å². The molecule has 0 aliphatic heterocycles. The molecular weight excluding hydrogens is 194 g/mol. The molecule has 88 valence electrons. The summed E-state index contributed by atoms with van der Waals surface area (Å²) in [6.07, 6.45) is 2.01. The molecule has 0 amide bonds. The first kappa shape index (κ1) is 14.1. The van der Waals surface area contributed by atoms with Crippen molar-refractivity contribution in [3.63, 3.8) is 0 Å². The fourth-order valence-corrected chi connectivity index (χ4v) is 1.16. The minimum absolute atomic E-state index is 0.0433. The molecule has 0 radical (unpaired) electrons. The lowest BCUT2D eigenvalue weighted by Crippen LogP contribution is -2.34. The highest BCUT2D eigenvalue weighted by Gasteiger charge is 2.11. The van der Waals surface area contributed by atoms with Crippen LogP contribution in [0.5, 0.6) is 0 Å². The number of esters is 1. The second-order valence-corrected chi connectivity index (χ2v) is 3.50. The molecule has 0 aromatic rings. The average Bonchev–Trinajstić information content (AvgIpc) is 2.15. The van der Waals surface area contributed by atoms with Crippen LogP contribution in [0.4, 0.5) is 0 Å². The number of ether oxygens (including phenoxy) is 1. The summed E-state index contributed by atoms with van der Waals surface area (Å²) >= 11 is 0. The second-order valence-electron chi connectivity index (χ2n) is 3.50. The molecule has 0 spiro atoms. The van der Waals surface area contributed by atoms with Gasteiger partial charge in [0.1, 0.15) is 0 Å². The van der Waals surface area contributed by atoms with E-state index < -0.39 is 6.10 Å². The highest BCUT2D eigenvalue weighted by Crippen LogP contribution is 1.96. The topological polar surface area (TPSA) is 58.6 Å². The first-order valence-electron chi connectivity index (χ1n) is 5.28. The van der Waals surface area contributed by atoms with E-state index in [4.69, 9.17) is 4.74 Å². The highest BCUT2D eigenvalue weighted by atomic mass is 16.5. The number of hydrogen-bond donors (Lipinski definition) is 2. The third-order valence-corrected chi connectivity index (χ3v) is 1.93. The smallest absolute Gasteiger partial charge is 0.308 e. The summed E-state index contributed by atoms with van der Waals surface area (Å²) in [5.41, 5.74) is 0. The van der Waals surface area contributed by atoms with Crippen molar-refractivity contribution in [3.05, 3.63) is 12.7 Å². The van der Waals surface area contributed by atoms with Gasteiger partial charge in [0.15, 0.2) is 0 Å². The van der Waals surface area contributed by atoms with Crippen molar-refractivity contribution in [2.75, 3.05) is 13.2 Å². The second kappa shape index (κ2) is 8.44. The number of rotatable bonds is 8. The van der Waals surface area contributed by atoms with Gasteiger partial charge in [0.2, 0.25) is 0 Å². The molecule has 0 aliphatic rings. The summed E-state index contributed by atoms with van der Waals surface area (Å²) < 4.78 is 4.72. The van der Waals surface area contributed by atoms with E-state index in [1.54, 1.807) is 6.92 Å². The Bertz CT molecular complexity index is 194. The van der Waals surface area contributed by atoms with Crippen molar-refractivity contribution in [2.45, 2.75) is 38.8 Å². The van der Waals surface area contributed by atoms with Crippen molar-refractivity contribution in [2.24, 2.45) is 0 Å². The maximum Gasteiger partial charge on any atom is 0.308 e. The predicted octanol–water partition coefficient (Wildman–Crippen LogP) is 0.855. The van der Waals surface area contributed by atoms with Crippen LogP contribution in [-0.2, 0) is 9.53 Å². The Morgan fingerprint density at radius 3 is 2.87 bits per heavy atom. The van der Waals surface area contributed by atoms with Crippen molar-refractivity contribution in [1.82, 2.24) is 5.32 Å². The largest absolute Gasteiger partial charge is 0.466 e. The molecule has 0 rings (SSSR count). The van der Waals surface area contributed by atoms with Gasteiger partial charge in [-0.3, -0.25) is 4.79 Å². The number of nitrogens with one attached hydrogen (secondary N) is 1. The van der Waals surface area contributed by atoms with Crippen molar-refractivity contribution in [3.8, 4) is 0 Å². The zero-order valence-electron chi connectivity index (χ0n) is 9.53. The summed E-state index contributed by atoms with van der Waals surface area (Å²) in [5, 5.41) is 12.6. The number of carbonyl (C=O) groups is 1. The molecule has 4 nitrogen and oxygen atoms in total. The van der Waals surface area contributed by atoms with Gasteiger partial charge in [-0.1, -0.05) is 6.08 Å². The summed E-state index contributed by atoms with van der Waals surface area (Å²) in [4.78, 5) is 11.0. The Labute approximate surface area is 91.3 Å². The zero-order valence-corrected chi connectivity index (χ0v) is 9.53. The van der Waals surface area contributed by atoms with Gasteiger partial charge in [-0.2, -0.15) is 0 Å². The monoisotopic (exact) mass is 215 g/mol. The van der Waals surface area contributed by atoms with Crippen LogP contribution < -0.4 is 5.32 Å². The lowest BCUT2D eigenvalue weighted by Gasteiger charge is -2.15. The molecule has 2 unspecified atom stereocenters. The maximum atomic E-state index is 11.0. The molecule has 0 aromatic heterocycles. The lowest BCUT2D eigenvalue weighted by molar-refractivity contribution is -0.145. The Balaban J connectivity index is 3.60. The summed E-state index contributed by atoms with van der Waals surface area (Å²) in [6, 6.07) is 0.263. The molecule has 0 saturated heterocycles. The molecule has 0 bridgehead atoms. The average molecular weight is 215 g/mol. The number of aliphatic hydroxyl groups excluding tert-OH is 1. The van der Waals surface area contributed by atoms with Crippen LogP contribution in [0.3, 0.4) is 0 Å². The van der Waals surface area contributed by atoms with Gasteiger partial charge < -0.3 is 15.2 Å². The summed E-state index contributed by atoms with van der Waals surface area (Å²) in [5.74, 6) is -0.358. The van der Waals surface area contributed by atoms with Gasteiger partial charge in [-0.05, 0) is 20.3 Å². The summed E-state index contributed by atoms with van der Waals surface area (Å²) in [7, 11) is 0. The Hall–Kier alpha value is -0.870. The molecule has 0 aliphatic carbocycles. The summed E-state index contributed by atoms with van der Waals surface area (Å²) in [6.45, 7) is 8.12. The van der Waals surface area contributed by atoms with E-state index >= 15 is 0 Å². The SMILES string of the molecule is C=CCC(C)NCC(O)CC(=O)OCC. The van der Waals surface area contributed by atoms with E-state index in [-0.39, 0.29) is 18.4 Å². The maximum absolute atomic E-state index is 11.0. The van der Waals surface area contributed by atoms with Crippen molar-refractivity contribution >= 4 is 5.97 Å². The van der Waals surface area contributed by atoms with Crippen LogP contribution in [0, 0.1) is 0 Å². The van der Waals surface area contributed by atoms with Gasteiger partial charge in [0.05, 0.1) is 19.1 Å². The lowest BCUT2D eigenvalue weighted by atomic mass is 10.2. The van der Waals surface area contributed by atoms with Crippen LogP contribution in [0.15, 0.2) is 12.7 Å². The molecule has 4 heteroatoms. The molecule has 0 saturated carbocycles. The fourth-order valence-electron chi connectivity index (χ4n) is 1.16. The molecule has 2 N–H and O–H groups in total. The number of carbonyl (C=O) groups excluding carboxylic acids is 1. The normalized spacial score (nSPS) is 14.3. The van der Waals surface area contributed by atoms with E-state index in [0.29, 0.717) is 13.2 Å². The van der Waals surface area contributed by atoms with Crippen molar-refractivity contribution in [1.29, 1.82) is 0 Å².